The van der Waals surface area contributed by atoms with E-state index in [1.807, 2.05) is 6.26 Å². The minimum Gasteiger partial charge on any atom is -0.480 e. The molecule has 2 aromatic rings. The van der Waals surface area contributed by atoms with Gasteiger partial charge in [0, 0.05) is 6.20 Å². The summed E-state index contributed by atoms with van der Waals surface area (Å²) < 4.78 is 1.57. The lowest BCUT2D eigenvalue weighted by molar-refractivity contribution is -0.139. The molecule has 0 bridgehead atoms. The van der Waals surface area contributed by atoms with Gasteiger partial charge in [-0.3, -0.25) is 9.20 Å². The van der Waals surface area contributed by atoms with Crippen molar-refractivity contribution in [1.29, 1.82) is 0 Å². The molecule has 2 heterocycles. The van der Waals surface area contributed by atoms with Crippen LogP contribution in [0, 0.1) is 6.92 Å². The van der Waals surface area contributed by atoms with Crippen molar-refractivity contribution in [2.75, 3.05) is 12.0 Å². The molecular formula is C14H16ClN3O3S. The molecule has 0 aliphatic rings. The summed E-state index contributed by atoms with van der Waals surface area (Å²) in [5.41, 5.74) is 1.41. The lowest BCUT2D eigenvalue weighted by atomic mass is 10.2. The first-order valence-corrected chi connectivity index (χ1v) is 8.38. The number of nitrogens with one attached hydrogen (secondary N) is 1. The summed E-state index contributed by atoms with van der Waals surface area (Å²) in [5.74, 6) is -0.873. The number of carbonyl (C=O) groups is 2. The molecule has 6 nitrogen and oxygen atoms in total. The average molecular weight is 342 g/mol. The van der Waals surface area contributed by atoms with E-state index in [1.54, 1.807) is 29.7 Å². The van der Waals surface area contributed by atoms with Crippen molar-refractivity contribution < 1.29 is 14.7 Å². The molecule has 0 aliphatic heterocycles. The largest absolute Gasteiger partial charge is 0.480 e. The predicted octanol–water partition coefficient (Wildman–Crippen LogP) is 2.23. The first-order valence-electron chi connectivity index (χ1n) is 6.61. The number of imidazole rings is 1. The lowest BCUT2D eigenvalue weighted by Gasteiger charge is -2.14. The molecule has 0 spiro atoms. The second-order valence-corrected chi connectivity index (χ2v) is 6.19. The van der Waals surface area contributed by atoms with Gasteiger partial charge in [0.2, 0.25) is 0 Å². The van der Waals surface area contributed by atoms with Crippen molar-refractivity contribution in [2.24, 2.45) is 0 Å². The number of thioether (sulfide) groups is 1. The maximum atomic E-state index is 12.4. The fourth-order valence-electron chi connectivity index (χ4n) is 2.13. The number of hydrogen-bond donors (Lipinski definition) is 2. The normalized spacial score (nSPS) is 12.3. The molecule has 2 N–H and O–H groups in total. The van der Waals surface area contributed by atoms with Gasteiger partial charge < -0.3 is 10.4 Å². The van der Waals surface area contributed by atoms with Crippen molar-refractivity contribution in [3.05, 3.63) is 34.7 Å². The molecule has 8 heteroatoms. The SMILES string of the molecule is CSCCC(NC(=O)c1c(C)nc2ccc(Cl)cn12)C(=O)O. The highest BCUT2D eigenvalue weighted by Gasteiger charge is 2.23. The average Bonchev–Trinajstić information content (AvgIpc) is 2.78. The monoisotopic (exact) mass is 341 g/mol. The number of halogens is 1. The lowest BCUT2D eigenvalue weighted by Crippen LogP contribution is -2.41. The fraction of sp³-hybridized carbons (Fsp3) is 0.357. The second kappa shape index (κ2) is 7.02. The number of nitrogens with zero attached hydrogens (tertiary/aromatic N) is 2. The summed E-state index contributed by atoms with van der Waals surface area (Å²) in [7, 11) is 0. The number of amides is 1. The van der Waals surface area contributed by atoms with E-state index in [-0.39, 0.29) is 0 Å². The zero-order valence-electron chi connectivity index (χ0n) is 12.2. The van der Waals surface area contributed by atoms with E-state index in [9.17, 15) is 14.7 Å². The molecular weight excluding hydrogens is 326 g/mol. The van der Waals surface area contributed by atoms with E-state index < -0.39 is 17.9 Å². The van der Waals surface area contributed by atoms with Crippen LogP contribution in [0.15, 0.2) is 18.3 Å². The number of aromatic nitrogens is 2. The van der Waals surface area contributed by atoms with E-state index in [4.69, 9.17) is 11.6 Å². The van der Waals surface area contributed by atoms with Crippen LogP contribution in [0.3, 0.4) is 0 Å². The van der Waals surface area contributed by atoms with Crippen molar-refractivity contribution in [3.8, 4) is 0 Å². The number of pyridine rings is 1. The predicted molar refractivity (Wildman–Crippen MR) is 86.8 cm³/mol. The summed E-state index contributed by atoms with van der Waals surface area (Å²) in [6.07, 6.45) is 3.83. The van der Waals surface area contributed by atoms with Gasteiger partial charge in [-0.05, 0) is 37.5 Å². The van der Waals surface area contributed by atoms with Gasteiger partial charge in [-0.2, -0.15) is 11.8 Å². The van der Waals surface area contributed by atoms with Crippen molar-refractivity contribution >= 4 is 40.9 Å². The molecule has 1 amide bonds. The molecule has 0 aromatic carbocycles. The van der Waals surface area contributed by atoms with Crippen LogP contribution in [0.4, 0.5) is 0 Å². The third kappa shape index (κ3) is 3.53. The van der Waals surface area contributed by atoms with Gasteiger partial charge in [-0.1, -0.05) is 11.6 Å². The number of carboxylic acid groups (broad SMARTS) is 1. The number of aliphatic carboxylic acids is 1. The van der Waals surface area contributed by atoms with Crippen molar-refractivity contribution in [1.82, 2.24) is 14.7 Å². The Hall–Kier alpha value is -1.73. The summed E-state index contributed by atoms with van der Waals surface area (Å²) >= 11 is 7.48. The number of carbonyl (C=O) groups excluding carboxylic acids is 1. The van der Waals surface area contributed by atoms with Gasteiger partial charge in [0.25, 0.3) is 5.91 Å². The third-order valence-electron chi connectivity index (χ3n) is 3.19. The van der Waals surface area contributed by atoms with Crippen LogP contribution in [-0.2, 0) is 4.79 Å². The standard InChI is InChI=1S/C14H16ClN3O3S/c1-8-12(18-7-9(15)3-4-11(18)16-8)13(19)17-10(14(20)21)5-6-22-2/h3-4,7,10H,5-6H2,1-2H3,(H,17,19)(H,20,21). The van der Waals surface area contributed by atoms with E-state index >= 15 is 0 Å². The van der Waals surface area contributed by atoms with Gasteiger partial charge in [-0.15, -0.1) is 0 Å². The van der Waals surface area contributed by atoms with Crippen LogP contribution in [0.2, 0.25) is 5.02 Å². The van der Waals surface area contributed by atoms with Crippen molar-refractivity contribution in [2.45, 2.75) is 19.4 Å². The highest BCUT2D eigenvalue weighted by Crippen LogP contribution is 2.16. The topological polar surface area (TPSA) is 83.7 Å². The van der Waals surface area contributed by atoms with E-state index in [1.165, 1.54) is 11.8 Å². The quantitative estimate of drug-likeness (QED) is 0.841. The zero-order chi connectivity index (χ0) is 16.3. The molecule has 22 heavy (non-hydrogen) atoms. The molecule has 1 atom stereocenters. The molecule has 0 saturated heterocycles. The third-order valence-corrected chi connectivity index (χ3v) is 4.05. The molecule has 0 fully saturated rings. The molecule has 0 radical (unpaired) electrons. The van der Waals surface area contributed by atoms with E-state index in [0.717, 1.165) is 0 Å². The fourth-order valence-corrected chi connectivity index (χ4v) is 2.76. The minimum atomic E-state index is -1.05. The summed E-state index contributed by atoms with van der Waals surface area (Å²) in [6.45, 7) is 1.70. The first-order chi connectivity index (χ1) is 10.4. The second-order valence-electron chi connectivity index (χ2n) is 4.77. The number of fused-ring (bicyclic) bond motifs is 1. The molecule has 2 rings (SSSR count). The van der Waals surface area contributed by atoms with Gasteiger partial charge in [0.05, 0.1) is 10.7 Å². The van der Waals surface area contributed by atoms with Gasteiger partial charge >= 0.3 is 5.97 Å². The Morgan fingerprint density at radius 3 is 2.86 bits per heavy atom. The van der Waals surface area contributed by atoms with E-state index in [0.29, 0.717) is 34.2 Å². The number of rotatable bonds is 6. The summed E-state index contributed by atoms with van der Waals surface area (Å²) in [6, 6.07) is 2.46. The number of aryl methyl sites for hydroxylation is 1. The number of carboxylic acids is 1. The Bertz CT molecular complexity index is 717. The highest BCUT2D eigenvalue weighted by molar-refractivity contribution is 7.98. The summed E-state index contributed by atoms with van der Waals surface area (Å²) in [5, 5.41) is 12.2. The Morgan fingerprint density at radius 2 is 2.23 bits per heavy atom. The molecule has 1 unspecified atom stereocenters. The first kappa shape index (κ1) is 16.6. The molecule has 0 aliphatic carbocycles. The van der Waals surface area contributed by atoms with Crippen LogP contribution in [0.25, 0.3) is 5.65 Å². The Morgan fingerprint density at radius 1 is 1.50 bits per heavy atom. The highest BCUT2D eigenvalue weighted by atomic mass is 35.5. The van der Waals surface area contributed by atoms with Crippen LogP contribution in [0.1, 0.15) is 22.6 Å². The smallest absolute Gasteiger partial charge is 0.326 e. The summed E-state index contributed by atoms with van der Waals surface area (Å²) in [4.78, 5) is 28.0. The maximum absolute atomic E-state index is 12.4. The Balaban J connectivity index is 2.30. The van der Waals surface area contributed by atoms with Crippen LogP contribution in [-0.4, -0.2) is 44.4 Å². The minimum absolute atomic E-state index is 0.299. The van der Waals surface area contributed by atoms with Crippen LogP contribution in [0.5, 0.6) is 0 Å². The van der Waals surface area contributed by atoms with Gasteiger partial charge in [0.15, 0.2) is 0 Å². The molecule has 118 valence electrons. The Kier molecular flexibility index (Phi) is 5.31. The van der Waals surface area contributed by atoms with Gasteiger partial charge in [-0.25, -0.2) is 9.78 Å². The van der Waals surface area contributed by atoms with Crippen molar-refractivity contribution in [3.63, 3.8) is 0 Å². The Labute approximate surface area is 136 Å². The van der Waals surface area contributed by atoms with Crippen LogP contribution < -0.4 is 5.32 Å². The molecule has 0 saturated carbocycles. The zero-order valence-corrected chi connectivity index (χ0v) is 13.7. The number of hydrogen-bond acceptors (Lipinski definition) is 4. The van der Waals surface area contributed by atoms with E-state index in [2.05, 4.69) is 10.3 Å². The molecule has 2 aromatic heterocycles. The van der Waals surface area contributed by atoms with Gasteiger partial charge in [0.1, 0.15) is 17.4 Å². The van der Waals surface area contributed by atoms with Crippen LogP contribution >= 0.6 is 23.4 Å². The maximum Gasteiger partial charge on any atom is 0.326 e.